The summed E-state index contributed by atoms with van der Waals surface area (Å²) >= 11 is 0. The average molecular weight is 459 g/mol. The lowest BCUT2D eigenvalue weighted by molar-refractivity contribution is -0.179. The topological polar surface area (TPSA) is 99.1 Å². The van der Waals surface area contributed by atoms with E-state index >= 15 is 0 Å². The highest BCUT2D eigenvalue weighted by molar-refractivity contribution is 5.71. The van der Waals surface area contributed by atoms with Crippen LogP contribution in [0.5, 0.6) is 0 Å². The van der Waals surface area contributed by atoms with Crippen LogP contribution in [-0.2, 0) is 28.6 Å². The Morgan fingerprint density at radius 1 is 0.594 bits per heavy atom. The molecule has 0 unspecified atom stereocenters. The first-order valence-corrected chi connectivity index (χ1v) is 12.6. The Hall–Kier alpha value is -1.63. The zero-order valence-corrected chi connectivity index (χ0v) is 20.6. The Labute approximate surface area is 194 Å². The molecule has 0 saturated carbocycles. The lowest BCUT2D eigenvalue weighted by atomic mass is 10.1. The fraction of sp³-hybridized carbons (Fsp3) is 0.880. The lowest BCUT2D eigenvalue weighted by Gasteiger charge is -2.25. The molecule has 1 N–H and O–H groups in total. The minimum absolute atomic E-state index is 0.234. The summed E-state index contributed by atoms with van der Waals surface area (Å²) in [6, 6.07) is 0. The SMILES string of the molecule is CCCCCCC(=O)OC[C@H](OC(=O)CCCCCC)[C@@H](CO)OC(=O)CCCCCC. The van der Waals surface area contributed by atoms with Crippen molar-refractivity contribution in [2.24, 2.45) is 0 Å². The van der Waals surface area contributed by atoms with E-state index < -0.39 is 30.8 Å². The molecule has 188 valence electrons. The molecule has 7 heteroatoms. The third kappa shape index (κ3) is 17.0. The van der Waals surface area contributed by atoms with Gasteiger partial charge in [-0.1, -0.05) is 78.6 Å². The molecule has 32 heavy (non-hydrogen) atoms. The Morgan fingerprint density at radius 3 is 1.41 bits per heavy atom. The van der Waals surface area contributed by atoms with E-state index in [1.54, 1.807) is 0 Å². The predicted molar refractivity (Wildman–Crippen MR) is 124 cm³/mol. The van der Waals surface area contributed by atoms with Crippen molar-refractivity contribution in [2.75, 3.05) is 13.2 Å². The summed E-state index contributed by atoms with van der Waals surface area (Å²) < 4.78 is 16.1. The van der Waals surface area contributed by atoms with Crippen molar-refractivity contribution in [3.8, 4) is 0 Å². The smallest absolute Gasteiger partial charge is 0.306 e. The number of unbranched alkanes of at least 4 members (excludes halogenated alkanes) is 9. The predicted octanol–water partition coefficient (Wildman–Crippen LogP) is 5.26. The van der Waals surface area contributed by atoms with Gasteiger partial charge in [-0.3, -0.25) is 14.4 Å². The molecule has 0 radical (unpaired) electrons. The molecular weight excluding hydrogens is 412 g/mol. The molecule has 0 fully saturated rings. The van der Waals surface area contributed by atoms with Crippen molar-refractivity contribution in [3.63, 3.8) is 0 Å². The number of hydrogen-bond donors (Lipinski definition) is 1. The third-order valence-corrected chi connectivity index (χ3v) is 5.27. The number of esters is 3. The van der Waals surface area contributed by atoms with Crippen molar-refractivity contribution in [1.29, 1.82) is 0 Å². The molecule has 0 spiro atoms. The van der Waals surface area contributed by atoms with Gasteiger partial charge in [0, 0.05) is 19.3 Å². The molecule has 0 bridgehead atoms. The second-order valence-corrected chi connectivity index (χ2v) is 8.35. The van der Waals surface area contributed by atoms with Gasteiger partial charge in [-0.2, -0.15) is 0 Å². The Kier molecular flexibility index (Phi) is 20.1. The van der Waals surface area contributed by atoms with Crippen LogP contribution in [0.1, 0.15) is 117 Å². The van der Waals surface area contributed by atoms with Gasteiger partial charge in [0.15, 0.2) is 12.2 Å². The number of carbonyl (C=O) groups is 3. The highest BCUT2D eigenvalue weighted by atomic mass is 16.6. The number of hydrogen-bond acceptors (Lipinski definition) is 7. The number of carbonyl (C=O) groups excluding carboxylic acids is 3. The van der Waals surface area contributed by atoms with E-state index in [1.807, 2.05) is 0 Å². The van der Waals surface area contributed by atoms with E-state index in [9.17, 15) is 19.5 Å². The summed E-state index contributed by atoms with van der Waals surface area (Å²) in [5.74, 6) is -1.27. The average Bonchev–Trinajstić information content (AvgIpc) is 2.78. The second kappa shape index (κ2) is 21.2. The molecule has 0 saturated heterocycles. The van der Waals surface area contributed by atoms with Crippen LogP contribution < -0.4 is 0 Å². The molecule has 0 amide bonds. The van der Waals surface area contributed by atoms with Gasteiger partial charge in [-0.25, -0.2) is 0 Å². The molecule has 7 nitrogen and oxygen atoms in total. The van der Waals surface area contributed by atoms with Gasteiger partial charge in [-0.05, 0) is 19.3 Å². The largest absolute Gasteiger partial charge is 0.462 e. The van der Waals surface area contributed by atoms with Crippen LogP contribution in [0.4, 0.5) is 0 Å². The number of ether oxygens (including phenoxy) is 3. The molecule has 0 rings (SSSR count). The summed E-state index contributed by atoms with van der Waals surface area (Å²) in [6.45, 7) is 5.53. The van der Waals surface area contributed by atoms with E-state index in [4.69, 9.17) is 14.2 Å². The van der Waals surface area contributed by atoms with Crippen molar-refractivity contribution in [1.82, 2.24) is 0 Å². The van der Waals surface area contributed by atoms with Crippen LogP contribution in [0.25, 0.3) is 0 Å². The maximum absolute atomic E-state index is 12.3. The minimum Gasteiger partial charge on any atom is -0.462 e. The number of rotatable bonds is 21. The fourth-order valence-corrected chi connectivity index (χ4v) is 3.24. The van der Waals surface area contributed by atoms with Crippen molar-refractivity contribution in [2.45, 2.75) is 129 Å². The first kappa shape index (κ1) is 30.4. The summed E-state index contributed by atoms with van der Waals surface area (Å²) in [6.07, 6.45) is 10.0. The van der Waals surface area contributed by atoms with Gasteiger partial charge in [0.25, 0.3) is 0 Å². The van der Waals surface area contributed by atoms with Gasteiger partial charge < -0.3 is 19.3 Å². The zero-order chi connectivity index (χ0) is 24.0. The van der Waals surface area contributed by atoms with Crippen LogP contribution in [0, 0.1) is 0 Å². The first-order valence-electron chi connectivity index (χ1n) is 12.6. The Morgan fingerprint density at radius 2 is 1.00 bits per heavy atom. The van der Waals surface area contributed by atoms with E-state index in [2.05, 4.69) is 20.8 Å². The normalized spacial score (nSPS) is 12.8. The number of aliphatic hydroxyl groups excluding tert-OH is 1. The fourth-order valence-electron chi connectivity index (χ4n) is 3.24. The van der Waals surface area contributed by atoms with Crippen LogP contribution in [0.15, 0.2) is 0 Å². The number of aliphatic hydroxyl groups is 1. The molecule has 0 heterocycles. The summed E-state index contributed by atoms with van der Waals surface area (Å²) in [5.41, 5.74) is 0. The van der Waals surface area contributed by atoms with Crippen molar-refractivity contribution >= 4 is 17.9 Å². The molecule has 0 aliphatic heterocycles. The van der Waals surface area contributed by atoms with Gasteiger partial charge in [0.2, 0.25) is 0 Å². The van der Waals surface area contributed by atoms with E-state index in [0.29, 0.717) is 19.3 Å². The van der Waals surface area contributed by atoms with Crippen LogP contribution in [0.2, 0.25) is 0 Å². The Balaban J connectivity index is 4.78. The first-order chi connectivity index (χ1) is 15.5. The van der Waals surface area contributed by atoms with Crippen LogP contribution in [-0.4, -0.2) is 48.4 Å². The molecule has 0 aliphatic carbocycles. The molecule has 2 atom stereocenters. The monoisotopic (exact) mass is 458 g/mol. The molecule has 0 aliphatic rings. The standard InChI is InChI=1S/C25H46O7/c1-4-7-10-13-16-23(27)30-20-22(32-25(29)18-15-12-9-6-3)21(19-26)31-24(28)17-14-11-8-5-2/h21-22,26H,4-20H2,1-3H3/t21-,22+/m1/s1. The quantitative estimate of drug-likeness (QED) is 0.142. The summed E-state index contributed by atoms with van der Waals surface area (Å²) in [7, 11) is 0. The van der Waals surface area contributed by atoms with Crippen LogP contribution >= 0.6 is 0 Å². The zero-order valence-electron chi connectivity index (χ0n) is 20.6. The van der Waals surface area contributed by atoms with Crippen LogP contribution in [0.3, 0.4) is 0 Å². The lowest BCUT2D eigenvalue weighted by Crippen LogP contribution is -2.41. The maximum atomic E-state index is 12.3. The van der Waals surface area contributed by atoms with Crippen molar-refractivity contribution < 1.29 is 33.7 Å². The van der Waals surface area contributed by atoms with Gasteiger partial charge in [0.1, 0.15) is 6.61 Å². The van der Waals surface area contributed by atoms with E-state index in [0.717, 1.165) is 64.2 Å². The van der Waals surface area contributed by atoms with E-state index in [1.165, 1.54) is 0 Å². The Bertz CT molecular complexity index is 493. The molecular formula is C25H46O7. The van der Waals surface area contributed by atoms with Gasteiger partial charge >= 0.3 is 17.9 Å². The van der Waals surface area contributed by atoms with Gasteiger partial charge in [-0.15, -0.1) is 0 Å². The highest BCUT2D eigenvalue weighted by Gasteiger charge is 2.29. The second-order valence-electron chi connectivity index (χ2n) is 8.35. The van der Waals surface area contributed by atoms with Gasteiger partial charge in [0.05, 0.1) is 6.61 Å². The highest BCUT2D eigenvalue weighted by Crippen LogP contribution is 2.13. The molecule has 0 aromatic heterocycles. The minimum atomic E-state index is -1.05. The maximum Gasteiger partial charge on any atom is 0.306 e. The molecule has 0 aromatic rings. The molecule has 0 aromatic carbocycles. The summed E-state index contributed by atoms with van der Waals surface area (Å²) in [5, 5.41) is 9.77. The van der Waals surface area contributed by atoms with E-state index in [-0.39, 0.29) is 25.4 Å². The summed E-state index contributed by atoms with van der Waals surface area (Å²) in [4.78, 5) is 36.5. The third-order valence-electron chi connectivity index (χ3n) is 5.27. The van der Waals surface area contributed by atoms with Crippen molar-refractivity contribution in [3.05, 3.63) is 0 Å².